The molecule has 3 heteroatoms. The van der Waals surface area contributed by atoms with Crippen LogP contribution in [0.1, 0.15) is 91.9 Å². The lowest BCUT2D eigenvalue weighted by Crippen LogP contribution is -2.35. The van der Waals surface area contributed by atoms with E-state index in [1.807, 2.05) is 0 Å². The van der Waals surface area contributed by atoms with Crippen molar-refractivity contribution >= 4 is 0 Å². The average Bonchev–Trinajstić information content (AvgIpc) is 2.98. The highest BCUT2D eigenvalue weighted by atomic mass is 16.3. The van der Waals surface area contributed by atoms with Gasteiger partial charge in [-0.15, -0.1) is 0 Å². The van der Waals surface area contributed by atoms with Gasteiger partial charge in [0.15, 0.2) is 0 Å². The molecule has 0 radical (unpaired) electrons. The number of aliphatic hydroxyl groups is 3. The smallest absolute Gasteiger partial charge is 0.0616 e. The number of aliphatic hydroxyl groups excluding tert-OH is 2. The molecule has 3 saturated carbocycles. The summed E-state index contributed by atoms with van der Waals surface area (Å²) in [5.41, 5.74) is 3.53. The van der Waals surface area contributed by atoms with Crippen molar-refractivity contribution in [3.05, 3.63) is 35.5 Å². The Morgan fingerprint density at radius 2 is 1.90 bits per heavy atom. The third kappa shape index (κ3) is 5.47. The van der Waals surface area contributed by atoms with Crippen LogP contribution in [0.15, 0.2) is 35.5 Å². The molecule has 0 spiro atoms. The van der Waals surface area contributed by atoms with Crippen molar-refractivity contribution < 1.29 is 15.3 Å². The maximum absolute atomic E-state index is 10.5. The summed E-state index contributed by atoms with van der Waals surface area (Å²) in [6, 6.07) is 0. The molecule has 170 valence electrons. The third-order valence-electron chi connectivity index (χ3n) is 8.24. The van der Waals surface area contributed by atoms with Gasteiger partial charge in [0.2, 0.25) is 0 Å². The van der Waals surface area contributed by atoms with Crippen LogP contribution in [0.3, 0.4) is 0 Å². The minimum atomic E-state index is -0.847. The molecule has 3 rings (SSSR count). The number of fused-ring (bicyclic) bond motifs is 1. The third-order valence-corrected chi connectivity index (χ3v) is 8.24. The molecule has 3 aliphatic carbocycles. The molecule has 0 aromatic heterocycles. The van der Waals surface area contributed by atoms with E-state index in [0.717, 1.165) is 25.7 Å². The van der Waals surface area contributed by atoms with Crippen molar-refractivity contribution in [1.29, 1.82) is 0 Å². The lowest BCUT2D eigenvalue weighted by atomic mass is 9.61. The lowest BCUT2D eigenvalue weighted by molar-refractivity contribution is 0.0171. The second kappa shape index (κ2) is 9.30. The molecule has 0 aromatic carbocycles. The van der Waals surface area contributed by atoms with Crippen LogP contribution >= 0.6 is 0 Å². The summed E-state index contributed by atoms with van der Waals surface area (Å²) in [4.78, 5) is 0. The fourth-order valence-corrected chi connectivity index (χ4v) is 6.65. The summed E-state index contributed by atoms with van der Waals surface area (Å²) in [7, 11) is 0. The molecule has 0 saturated heterocycles. The largest absolute Gasteiger partial charge is 0.393 e. The van der Waals surface area contributed by atoms with E-state index < -0.39 is 11.7 Å². The van der Waals surface area contributed by atoms with E-state index in [1.165, 1.54) is 36.8 Å². The average molecular weight is 417 g/mol. The van der Waals surface area contributed by atoms with Gasteiger partial charge in [0, 0.05) is 6.42 Å². The second-order valence-corrected chi connectivity index (χ2v) is 11.4. The Kier molecular flexibility index (Phi) is 7.37. The molecule has 3 fully saturated rings. The number of rotatable bonds is 6. The standard InChI is InChI=1S/C27H44O3/c1-18-8-11-22(28)16-21(18)10-9-20-7-6-14-27(5)24(12-13-25(20)27)19(2)15-23(29)17-26(3,4)30/h9-10,18,22-25,28-30H,2,6-8,11-17H2,1,3-5H3/b20-9+,21-10?/t18-,22+,23+,24-,25-,27-/m1/s1. The van der Waals surface area contributed by atoms with Crippen molar-refractivity contribution in [3.8, 4) is 0 Å². The Morgan fingerprint density at radius 3 is 2.60 bits per heavy atom. The number of hydrogen-bond acceptors (Lipinski definition) is 3. The van der Waals surface area contributed by atoms with E-state index in [4.69, 9.17) is 0 Å². The van der Waals surface area contributed by atoms with Gasteiger partial charge in [0.25, 0.3) is 0 Å². The molecule has 3 nitrogen and oxygen atoms in total. The van der Waals surface area contributed by atoms with Crippen LogP contribution in [-0.2, 0) is 0 Å². The lowest BCUT2D eigenvalue weighted by Gasteiger charge is -2.43. The summed E-state index contributed by atoms with van der Waals surface area (Å²) >= 11 is 0. The molecule has 0 aromatic rings. The first kappa shape index (κ1) is 23.8. The summed E-state index contributed by atoms with van der Waals surface area (Å²) in [6.07, 6.45) is 13.8. The minimum Gasteiger partial charge on any atom is -0.393 e. The summed E-state index contributed by atoms with van der Waals surface area (Å²) in [6.45, 7) is 12.6. The van der Waals surface area contributed by atoms with Crippen LogP contribution in [0.5, 0.6) is 0 Å². The fraction of sp³-hybridized carbons (Fsp3) is 0.778. The van der Waals surface area contributed by atoms with Crippen molar-refractivity contribution in [2.45, 2.75) is 110 Å². The van der Waals surface area contributed by atoms with E-state index in [2.05, 4.69) is 32.6 Å². The van der Waals surface area contributed by atoms with Gasteiger partial charge in [-0.25, -0.2) is 0 Å². The molecule has 3 aliphatic rings. The van der Waals surface area contributed by atoms with Gasteiger partial charge < -0.3 is 15.3 Å². The summed E-state index contributed by atoms with van der Waals surface area (Å²) in [5.74, 6) is 1.62. The SMILES string of the molecule is C=C(C[C@H](O)CC(C)(C)O)[C@H]1CC[C@@H]2/C(=C/C=C3C[C@@H](O)CC[C@H]3C)CCC[C@]12C. The van der Waals surface area contributed by atoms with E-state index >= 15 is 0 Å². The van der Waals surface area contributed by atoms with Gasteiger partial charge in [-0.05, 0) is 94.8 Å². The van der Waals surface area contributed by atoms with Crippen molar-refractivity contribution in [2.24, 2.45) is 23.2 Å². The zero-order chi connectivity index (χ0) is 22.1. The van der Waals surface area contributed by atoms with Gasteiger partial charge in [0.05, 0.1) is 17.8 Å². The van der Waals surface area contributed by atoms with E-state index in [9.17, 15) is 15.3 Å². The van der Waals surface area contributed by atoms with Crippen LogP contribution in [-0.4, -0.2) is 33.1 Å². The van der Waals surface area contributed by atoms with Gasteiger partial charge in [0.1, 0.15) is 0 Å². The maximum atomic E-state index is 10.5. The Labute approximate surface area is 184 Å². The highest BCUT2D eigenvalue weighted by molar-refractivity contribution is 5.28. The zero-order valence-corrected chi connectivity index (χ0v) is 19.7. The molecule has 0 heterocycles. The Balaban J connectivity index is 1.71. The van der Waals surface area contributed by atoms with E-state index in [-0.39, 0.29) is 11.5 Å². The Hall–Kier alpha value is -0.900. The molecule has 0 unspecified atom stereocenters. The molecule has 6 atom stereocenters. The molecular weight excluding hydrogens is 372 g/mol. The summed E-state index contributed by atoms with van der Waals surface area (Å²) in [5, 5.41) is 30.5. The monoisotopic (exact) mass is 416 g/mol. The number of hydrogen-bond donors (Lipinski definition) is 3. The first-order valence-electron chi connectivity index (χ1n) is 12.2. The predicted octanol–water partition coefficient (Wildman–Crippen LogP) is 5.70. The van der Waals surface area contributed by atoms with Crippen LogP contribution < -0.4 is 0 Å². The first-order valence-corrected chi connectivity index (χ1v) is 12.2. The predicted molar refractivity (Wildman–Crippen MR) is 124 cm³/mol. The highest BCUT2D eigenvalue weighted by Gasteiger charge is 2.50. The summed E-state index contributed by atoms with van der Waals surface area (Å²) < 4.78 is 0. The van der Waals surface area contributed by atoms with Crippen LogP contribution in [0, 0.1) is 23.2 Å². The molecule has 0 amide bonds. The molecule has 3 N–H and O–H groups in total. The Morgan fingerprint density at radius 1 is 1.20 bits per heavy atom. The quantitative estimate of drug-likeness (QED) is 0.486. The minimum absolute atomic E-state index is 0.169. The molecular formula is C27H44O3. The fourth-order valence-electron chi connectivity index (χ4n) is 6.65. The van der Waals surface area contributed by atoms with Gasteiger partial charge in [-0.2, -0.15) is 0 Å². The first-order chi connectivity index (χ1) is 14.0. The number of allylic oxidation sites excluding steroid dienone is 3. The van der Waals surface area contributed by atoms with Crippen molar-refractivity contribution in [1.82, 2.24) is 0 Å². The Bertz CT molecular complexity index is 683. The van der Waals surface area contributed by atoms with Gasteiger partial charge in [-0.3, -0.25) is 0 Å². The van der Waals surface area contributed by atoms with Crippen LogP contribution in [0.2, 0.25) is 0 Å². The van der Waals surface area contributed by atoms with Crippen molar-refractivity contribution in [3.63, 3.8) is 0 Å². The van der Waals surface area contributed by atoms with Crippen molar-refractivity contribution in [2.75, 3.05) is 0 Å². The topological polar surface area (TPSA) is 60.7 Å². The van der Waals surface area contributed by atoms with Gasteiger partial charge in [-0.1, -0.05) is 49.3 Å². The molecule has 0 bridgehead atoms. The maximum Gasteiger partial charge on any atom is 0.0616 e. The second-order valence-electron chi connectivity index (χ2n) is 11.4. The normalized spacial score (nSPS) is 38.6. The van der Waals surface area contributed by atoms with Crippen LogP contribution in [0.4, 0.5) is 0 Å². The zero-order valence-electron chi connectivity index (χ0n) is 19.7. The van der Waals surface area contributed by atoms with E-state index in [0.29, 0.717) is 30.6 Å². The van der Waals surface area contributed by atoms with E-state index in [1.54, 1.807) is 19.4 Å². The highest BCUT2D eigenvalue weighted by Crippen LogP contribution is 2.59. The molecule has 30 heavy (non-hydrogen) atoms. The van der Waals surface area contributed by atoms with Gasteiger partial charge >= 0.3 is 0 Å². The van der Waals surface area contributed by atoms with Crippen LogP contribution in [0.25, 0.3) is 0 Å². The molecule has 0 aliphatic heterocycles.